The average Bonchev–Trinajstić information content (AvgIpc) is 2.41. The van der Waals surface area contributed by atoms with E-state index in [1.165, 1.54) is 0 Å². The topological polar surface area (TPSA) is 63.6 Å². The fraction of sp³-hybridized carbons (Fsp3) is 0.615. The predicted molar refractivity (Wildman–Crippen MR) is 69.6 cm³/mol. The number of hydrogen-bond acceptors (Lipinski definition) is 5. The minimum absolute atomic E-state index is 0.216. The van der Waals surface area contributed by atoms with Crippen molar-refractivity contribution in [2.75, 3.05) is 33.5 Å². The molecule has 0 saturated heterocycles. The summed E-state index contributed by atoms with van der Waals surface area (Å²) in [5.41, 5.74) is 0.980. The van der Waals surface area contributed by atoms with Gasteiger partial charge in [-0.25, -0.2) is 0 Å². The number of rotatable bonds is 10. The summed E-state index contributed by atoms with van der Waals surface area (Å²) < 4.78 is 10.4. The second-order valence-corrected chi connectivity index (χ2v) is 3.93. The van der Waals surface area contributed by atoms with E-state index in [9.17, 15) is 0 Å². The molecular weight excluding hydrogens is 232 g/mol. The Morgan fingerprint density at radius 3 is 2.83 bits per heavy atom. The molecular formula is C13H22N2O3. The van der Waals surface area contributed by atoms with Crippen LogP contribution < -0.4 is 10.1 Å². The van der Waals surface area contributed by atoms with Gasteiger partial charge in [0.1, 0.15) is 5.75 Å². The lowest BCUT2D eigenvalue weighted by Gasteiger charge is -2.07. The van der Waals surface area contributed by atoms with Gasteiger partial charge < -0.3 is 19.9 Å². The summed E-state index contributed by atoms with van der Waals surface area (Å²) in [6.45, 7) is 3.08. The molecule has 0 aliphatic rings. The number of nitrogens with one attached hydrogen (secondary N) is 1. The van der Waals surface area contributed by atoms with Crippen molar-refractivity contribution in [2.45, 2.75) is 19.4 Å². The van der Waals surface area contributed by atoms with E-state index in [2.05, 4.69) is 10.3 Å². The molecule has 0 bridgehead atoms. The van der Waals surface area contributed by atoms with E-state index in [1.807, 2.05) is 12.1 Å². The van der Waals surface area contributed by atoms with Crippen LogP contribution in [0.3, 0.4) is 0 Å². The van der Waals surface area contributed by atoms with Gasteiger partial charge in [0.25, 0.3) is 0 Å². The van der Waals surface area contributed by atoms with Gasteiger partial charge in [0, 0.05) is 26.8 Å². The summed E-state index contributed by atoms with van der Waals surface area (Å²) >= 11 is 0. The lowest BCUT2D eigenvalue weighted by Crippen LogP contribution is -2.19. The maximum absolute atomic E-state index is 8.64. The fourth-order valence-electron chi connectivity index (χ4n) is 1.40. The Labute approximate surface area is 108 Å². The first kappa shape index (κ1) is 14.9. The molecule has 5 heteroatoms. The molecule has 0 saturated carbocycles. The van der Waals surface area contributed by atoms with Crippen LogP contribution in [0.2, 0.25) is 0 Å². The van der Waals surface area contributed by atoms with E-state index >= 15 is 0 Å². The lowest BCUT2D eigenvalue weighted by atomic mass is 10.3. The van der Waals surface area contributed by atoms with Crippen molar-refractivity contribution in [3.63, 3.8) is 0 Å². The molecule has 2 N–H and O–H groups in total. The molecule has 0 fully saturated rings. The first-order valence-corrected chi connectivity index (χ1v) is 6.25. The van der Waals surface area contributed by atoms with Crippen molar-refractivity contribution >= 4 is 0 Å². The van der Waals surface area contributed by atoms with Crippen LogP contribution >= 0.6 is 0 Å². The highest BCUT2D eigenvalue weighted by Crippen LogP contribution is 2.09. The molecule has 0 aromatic carbocycles. The maximum atomic E-state index is 8.64. The van der Waals surface area contributed by atoms with Crippen LogP contribution in [0.4, 0.5) is 0 Å². The van der Waals surface area contributed by atoms with Gasteiger partial charge in [-0.3, -0.25) is 4.98 Å². The first-order valence-electron chi connectivity index (χ1n) is 6.25. The molecule has 1 aromatic rings. The smallest absolute Gasteiger partial charge is 0.137 e. The van der Waals surface area contributed by atoms with Gasteiger partial charge in [-0.1, -0.05) is 0 Å². The normalized spacial score (nSPS) is 10.6. The Balaban J connectivity index is 2.20. The summed E-state index contributed by atoms with van der Waals surface area (Å²) in [4.78, 5) is 4.30. The van der Waals surface area contributed by atoms with Crippen molar-refractivity contribution < 1.29 is 14.6 Å². The van der Waals surface area contributed by atoms with E-state index < -0.39 is 0 Å². The largest absolute Gasteiger partial charge is 0.492 e. The van der Waals surface area contributed by atoms with Gasteiger partial charge >= 0.3 is 0 Å². The summed E-state index contributed by atoms with van der Waals surface area (Å²) in [7, 11) is 1.68. The van der Waals surface area contributed by atoms with Crippen LogP contribution in [-0.2, 0) is 11.3 Å². The summed E-state index contributed by atoms with van der Waals surface area (Å²) in [6, 6.07) is 3.86. The number of methoxy groups -OCH3 is 1. The van der Waals surface area contributed by atoms with Gasteiger partial charge in [-0.05, 0) is 25.0 Å². The second kappa shape index (κ2) is 9.82. The van der Waals surface area contributed by atoms with Gasteiger partial charge in [0.15, 0.2) is 0 Å². The number of pyridine rings is 1. The number of unbranched alkanes of at least 4 members (excludes halogenated alkanes) is 1. The molecule has 5 nitrogen and oxygen atoms in total. The predicted octanol–water partition coefficient (Wildman–Crippen LogP) is 0.969. The monoisotopic (exact) mass is 254 g/mol. The zero-order chi connectivity index (χ0) is 13.1. The Hall–Kier alpha value is -1.17. The highest BCUT2D eigenvalue weighted by atomic mass is 16.5. The molecule has 0 atom stereocenters. The van der Waals surface area contributed by atoms with Gasteiger partial charge in [-0.15, -0.1) is 0 Å². The first-order chi connectivity index (χ1) is 8.86. The van der Waals surface area contributed by atoms with Crippen molar-refractivity contribution in [3.8, 4) is 5.75 Å². The highest BCUT2D eigenvalue weighted by molar-refractivity contribution is 5.19. The Morgan fingerprint density at radius 2 is 2.17 bits per heavy atom. The van der Waals surface area contributed by atoms with Crippen molar-refractivity contribution in [3.05, 3.63) is 24.0 Å². The number of aliphatic hydroxyl groups excluding tert-OH is 1. The number of nitrogens with zero attached hydrogens (tertiary/aromatic N) is 1. The molecule has 18 heavy (non-hydrogen) atoms. The molecule has 1 heterocycles. The molecule has 0 amide bonds. The zero-order valence-electron chi connectivity index (χ0n) is 10.9. The minimum Gasteiger partial charge on any atom is -0.492 e. The van der Waals surface area contributed by atoms with E-state index in [0.29, 0.717) is 13.2 Å². The zero-order valence-corrected chi connectivity index (χ0v) is 10.9. The van der Waals surface area contributed by atoms with Gasteiger partial charge in [-0.2, -0.15) is 0 Å². The number of aliphatic hydroxyl groups is 1. The van der Waals surface area contributed by atoms with Gasteiger partial charge in [0.05, 0.1) is 25.1 Å². The SMILES string of the molecule is COCCNCc1ccc(OCCCCO)cn1. The van der Waals surface area contributed by atoms with Crippen molar-refractivity contribution in [1.29, 1.82) is 0 Å². The fourth-order valence-corrected chi connectivity index (χ4v) is 1.40. The third-order valence-electron chi connectivity index (χ3n) is 2.41. The molecule has 0 unspecified atom stereocenters. The van der Waals surface area contributed by atoms with Crippen LogP contribution in [0.5, 0.6) is 5.75 Å². The van der Waals surface area contributed by atoms with E-state index in [4.69, 9.17) is 14.6 Å². The number of hydrogen-bond donors (Lipinski definition) is 2. The quantitative estimate of drug-likeness (QED) is 0.609. The molecule has 0 spiro atoms. The summed E-state index contributed by atoms with van der Waals surface area (Å²) in [6.07, 6.45) is 3.36. The van der Waals surface area contributed by atoms with E-state index in [1.54, 1.807) is 13.3 Å². The molecule has 1 aromatic heterocycles. The maximum Gasteiger partial charge on any atom is 0.137 e. The summed E-state index contributed by atoms with van der Waals surface area (Å²) in [5, 5.41) is 11.9. The van der Waals surface area contributed by atoms with Crippen LogP contribution in [0.25, 0.3) is 0 Å². The highest BCUT2D eigenvalue weighted by Gasteiger charge is 1.97. The standard InChI is InChI=1S/C13H22N2O3/c1-17-9-6-14-10-12-4-5-13(11-15-12)18-8-3-2-7-16/h4-5,11,14,16H,2-3,6-10H2,1H3. The number of ether oxygens (including phenoxy) is 2. The third kappa shape index (κ3) is 6.54. The Morgan fingerprint density at radius 1 is 1.28 bits per heavy atom. The van der Waals surface area contributed by atoms with E-state index in [-0.39, 0.29) is 6.61 Å². The third-order valence-corrected chi connectivity index (χ3v) is 2.41. The minimum atomic E-state index is 0.216. The molecule has 1 rings (SSSR count). The van der Waals surface area contributed by atoms with Gasteiger partial charge in [0.2, 0.25) is 0 Å². The van der Waals surface area contributed by atoms with Crippen LogP contribution in [-0.4, -0.2) is 43.6 Å². The molecule has 0 aliphatic carbocycles. The van der Waals surface area contributed by atoms with Crippen LogP contribution in [0.15, 0.2) is 18.3 Å². The van der Waals surface area contributed by atoms with Crippen molar-refractivity contribution in [2.24, 2.45) is 0 Å². The molecule has 0 aliphatic heterocycles. The Bertz CT molecular complexity index is 273. The van der Waals surface area contributed by atoms with Crippen LogP contribution in [0.1, 0.15) is 18.5 Å². The Kier molecular flexibility index (Phi) is 8.12. The second-order valence-electron chi connectivity index (χ2n) is 3.93. The van der Waals surface area contributed by atoms with E-state index in [0.717, 1.165) is 37.4 Å². The average molecular weight is 254 g/mol. The van der Waals surface area contributed by atoms with Crippen LogP contribution in [0, 0.1) is 0 Å². The molecule has 102 valence electrons. The van der Waals surface area contributed by atoms with Crippen molar-refractivity contribution in [1.82, 2.24) is 10.3 Å². The lowest BCUT2D eigenvalue weighted by molar-refractivity contribution is 0.199. The number of aromatic nitrogens is 1. The summed E-state index contributed by atoms with van der Waals surface area (Å²) in [5.74, 6) is 0.772. The molecule has 0 radical (unpaired) electrons.